The van der Waals surface area contributed by atoms with Gasteiger partial charge in [-0.3, -0.25) is 0 Å². The summed E-state index contributed by atoms with van der Waals surface area (Å²) >= 11 is 11.8. The van der Waals surface area contributed by atoms with Crippen LogP contribution in [0.15, 0.2) is 42.5 Å². The average molecular weight is 394 g/mol. The van der Waals surface area contributed by atoms with Gasteiger partial charge in [-0.25, -0.2) is 4.79 Å². The standard InChI is InChI=1S/C19H21Cl2N3O2/c1-26-16-5-3-15(4-6-16)24-9-8-13(12-24)11-22-19(25)23-14-2-7-17(20)18(21)10-14/h2-7,10,13H,8-9,11-12H2,1H3,(H2,22,23,25)/t13-/m0/s1. The molecule has 2 N–H and O–H groups in total. The van der Waals surface area contributed by atoms with Gasteiger partial charge in [0, 0.05) is 31.0 Å². The molecule has 2 amide bonds. The van der Waals surface area contributed by atoms with Crippen molar-refractivity contribution in [2.24, 2.45) is 5.92 Å². The number of nitrogens with one attached hydrogen (secondary N) is 2. The predicted molar refractivity (Wildman–Crippen MR) is 107 cm³/mol. The number of rotatable bonds is 5. The van der Waals surface area contributed by atoms with E-state index >= 15 is 0 Å². The van der Waals surface area contributed by atoms with Gasteiger partial charge in [0.05, 0.1) is 17.2 Å². The molecule has 0 spiro atoms. The molecule has 0 bridgehead atoms. The van der Waals surface area contributed by atoms with E-state index < -0.39 is 0 Å². The van der Waals surface area contributed by atoms with Gasteiger partial charge in [0.15, 0.2) is 0 Å². The van der Waals surface area contributed by atoms with E-state index in [4.69, 9.17) is 27.9 Å². The topological polar surface area (TPSA) is 53.6 Å². The Bertz CT molecular complexity index is 768. The van der Waals surface area contributed by atoms with Crippen LogP contribution in [0.1, 0.15) is 6.42 Å². The molecule has 1 saturated heterocycles. The Kier molecular flexibility index (Phi) is 6.12. The molecule has 1 atom stereocenters. The smallest absolute Gasteiger partial charge is 0.319 e. The Hall–Kier alpha value is -2.11. The highest BCUT2D eigenvalue weighted by molar-refractivity contribution is 6.42. The summed E-state index contributed by atoms with van der Waals surface area (Å²) in [5, 5.41) is 6.57. The molecule has 138 valence electrons. The van der Waals surface area contributed by atoms with Gasteiger partial charge in [-0.2, -0.15) is 0 Å². The maximum Gasteiger partial charge on any atom is 0.319 e. The van der Waals surface area contributed by atoms with Crippen LogP contribution in [-0.4, -0.2) is 32.8 Å². The molecule has 1 fully saturated rings. The summed E-state index contributed by atoms with van der Waals surface area (Å²) in [6, 6.07) is 12.8. The van der Waals surface area contributed by atoms with Crippen LogP contribution in [0.2, 0.25) is 10.0 Å². The van der Waals surface area contributed by atoms with Gasteiger partial charge < -0.3 is 20.3 Å². The SMILES string of the molecule is COc1ccc(N2CC[C@@H](CNC(=O)Nc3ccc(Cl)c(Cl)c3)C2)cc1. The zero-order valence-corrected chi connectivity index (χ0v) is 16.0. The van der Waals surface area contributed by atoms with E-state index in [9.17, 15) is 4.79 Å². The molecule has 3 rings (SSSR count). The van der Waals surface area contributed by atoms with Crippen LogP contribution in [-0.2, 0) is 0 Å². The van der Waals surface area contributed by atoms with Crippen LogP contribution >= 0.6 is 23.2 Å². The minimum atomic E-state index is -0.244. The number of carbonyl (C=O) groups is 1. The van der Waals surface area contributed by atoms with Gasteiger partial charge in [-0.05, 0) is 54.8 Å². The first-order valence-corrected chi connectivity index (χ1v) is 9.19. The molecule has 0 unspecified atom stereocenters. The lowest BCUT2D eigenvalue weighted by molar-refractivity contribution is 0.250. The normalized spacial score (nSPS) is 16.4. The molecule has 2 aromatic carbocycles. The van der Waals surface area contributed by atoms with Gasteiger partial charge in [0.1, 0.15) is 5.75 Å². The van der Waals surface area contributed by atoms with E-state index in [1.807, 2.05) is 12.1 Å². The van der Waals surface area contributed by atoms with Gasteiger partial charge in [-0.1, -0.05) is 23.2 Å². The van der Waals surface area contributed by atoms with Crippen LogP contribution in [0, 0.1) is 5.92 Å². The van der Waals surface area contributed by atoms with E-state index in [1.54, 1.807) is 25.3 Å². The number of benzene rings is 2. The fraction of sp³-hybridized carbons (Fsp3) is 0.316. The number of nitrogens with zero attached hydrogens (tertiary/aromatic N) is 1. The highest BCUT2D eigenvalue weighted by Gasteiger charge is 2.23. The first kappa shape index (κ1) is 18.7. The summed E-state index contributed by atoms with van der Waals surface area (Å²) in [6.07, 6.45) is 1.04. The van der Waals surface area contributed by atoms with Crippen molar-refractivity contribution < 1.29 is 9.53 Å². The molecule has 1 heterocycles. The highest BCUT2D eigenvalue weighted by Crippen LogP contribution is 2.26. The first-order valence-electron chi connectivity index (χ1n) is 8.44. The third-order valence-corrected chi connectivity index (χ3v) is 5.19. The van der Waals surface area contributed by atoms with Crippen molar-refractivity contribution in [1.29, 1.82) is 0 Å². The van der Waals surface area contributed by atoms with E-state index in [0.29, 0.717) is 28.2 Å². The van der Waals surface area contributed by atoms with Gasteiger partial charge >= 0.3 is 6.03 Å². The maximum atomic E-state index is 12.1. The molecular weight excluding hydrogens is 373 g/mol. The lowest BCUT2D eigenvalue weighted by Crippen LogP contribution is -2.34. The van der Waals surface area contributed by atoms with E-state index in [0.717, 1.165) is 25.3 Å². The van der Waals surface area contributed by atoms with Crippen molar-refractivity contribution in [3.05, 3.63) is 52.5 Å². The predicted octanol–water partition coefficient (Wildman–Crippen LogP) is 4.65. The molecule has 2 aromatic rings. The number of amides is 2. The zero-order chi connectivity index (χ0) is 18.5. The minimum Gasteiger partial charge on any atom is -0.497 e. The summed E-state index contributed by atoms with van der Waals surface area (Å²) in [4.78, 5) is 14.4. The number of ether oxygens (including phenoxy) is 1. The molecule has 0 radical (unpaired) electrons. The van der Waals surface area contributed by atoms with Crippen molar-refractivity contribution in [3.63, 3.8) is 0 Å². The van der Waals surface area contributed by atoms with Crippen molar-refractivity contribution >= 4 is 40.6 Å². The number of halogens is 2. The molecule has 5 nitrogen and oxygen atoms in total. The van der Waals surface area contributed by atoms with Crippen molar-refractivity contribution in [3.8, 4) is 5.75 Å². The van der Waals surface area contributed by atoms with Crippen molar-refractivity contribution in [2.75, 3.05) is 37.0 Å². The third-order valence-electron chi connectivity index (χ3n) is 4.45. The molecule has 1 aliphatic heterocycles. The largest absolute Gasteiger partial charge is 0.497 e. The summed E-state index contributed by atoms with van der Waals surface area (Å²) < 4.78 is 5.19. The second-order valence-corrected chi connectivity index (χ2v) is 7.08. The average Bonchev–Trinajstić information content (AvgIpc) is 3.12. The molecular formula is C19H21Cl2N3O2. The molecule has 0 aromatic heterocycles. The Morgan fingerprint density at radius 1 is 1.19 bits per heavy atom. The van der Waals surface area contributed by atoms with Gasteiger partial charge in [0.2, 0.25) is 0 Å². The summed E-state index contributed by atoms with van der Waals surface area (Å²) in [7, 11) is 1.66. The molecule has 26 heavy (non-hydrogen) atoms. The van der Waals surface area contributed by atoms with Crippen molar-refractivity contribution in [2.45, 2.75) is 6.42 Å². The molecule has 0 saturated carbocycles. The summed E-state index contributed by atoms with van der Waals surface area (Å²) in [5.41, 5.74) is 1.79. The Balaban J connectivity index is 1.46. The Morgan fingerprint density at radius 3 is 2.65 bits per heavy atom. The number of hydrogen-bond donors (Lipinski definition) is 2. The van der Waals surface area contributed by atoms with Crippen LogP contribution in [0.4, 0.5) is 16.2 Å². The lowest BCUT2D eigenvalue weighted by Gasteiger charge is -2.19. The molecule has 7 heteroatoms. The zero-order valence-electron chi connectivity index (χ0n) is 14.5. The molecule has 1 aliphatic rings. The monoisotopic (exact) mass is 393 g/mol. The van der Waals surface area contributed by atoms with Crippen LogP contribution < -0.4 is 20.3 Å². The molecule has 0 aliphatic carbocycles. The van der Waals surface area contributed by atoms with Crippen LogP contribution in [0.3, 0.4) is 0 Å². The Labute approximate surface area is 163 Å². The number of methoxy groups -OCH3 is 1. The third kappa shape index (κ3) is 4.74. The van der Waals surface area contributed by atoms with Crippen LogP contribution in [0.5, 0.6) is 5.75 Å². The number of anilines is 2. The number of urea groups is 1. The second kappa shape index (κ2) is 8.52. The van der Waals surface area contributed by atoms with Gasteiger partial charge in [-0.15, -0.1) is 0 Å². The summed E-state index contributed by atoms with van der Waals surface area (Å²) in [6.45, 7) is 2.52. The number of hydrogen-bond acceptors (Lipinski definition) is 3. The fourth-order valence-corrected chi connectivity index (χ4v) is 3.31. The maximum absolute atomic E-state index is 12.1. The summed E-state index contributed by atoms with van der Waals surface area (Å²) in [5.74, 6) is 1.27. The van der Waals surface area contributed by atoms with E-state index in [1.165, 1.54) is 5.69 Å². The minimum absolute atomic E-state index is 0.244. The highest BCUT2D eigenvalue weighted by atomic mass is 35.5. The van der Waals surface area contributed by atoms with E-state index in [-0.39, 0.29) is 6.03 Å². The van der Waals surface area contributed by atoms with Crippen molar-refractivity contribution in [1.82, 2.24) is 5.32 Å². The Morgan fingerprint density at radius 2 is 1.96 bits per heavy atom. The lowest BCUT2D eigenvalue weighted by atomic mass is 10.1. The fourth-order valence-electron chi connectivity index (χ4n) is 3.01. The van der Waals surface area contributed by atoms with E-state index in [2.05, 4.69) is 27.7 Å². The van der Waals surface area contributed by atoms with Gasteiger partial charge in [0.25, 0.3) is 0 Å². The number of carbonyl (C=O) groups excluding carboxylic acids is 1. The van der Waals surface area contributed by atoms with Crippen LogP contribution in [0.25, 0.3) is 0 Å². The first-order chi connectivity index (χ1) is 12.5. The second-order valence-electron chi connectivity index (χ2n) is 6.26. The quantitative estimate of drug-likeness (QED) is 0.776.